The van der Waals surface area contributed by atoms with Gasteiger partial charge >= 0.3 is 0 Å². The lowest BCUT2D eigenvalue weighted by atomic mass is 10.2. The highest BCUT2D eigenvalue weighted by Gasteiger charge is 2.17. The largest absolute Gasteiger partial charge is 0.336 e. The van der Waals surface area contributed by atoms with E-state index < -0.39 is 6.04 Å². The van der Waals surface area contributed by atoms with E-state index in [1.807, 2.05) is 17.7 Å². The van der Waals surface area contributed by atoms with E-state index in [9.17, 15) is 9.18 Å². The van der Waals surface area contributed by atoms with Gasteiger partial charge in [0, 0.05) is 5.39 Å². The Balaban J connectivity index is 1.91. The van der Waals surface area contributed by atoms with Crippen molar-refractivity contribution in [2.45, 2.75) is 26.4 Å². The summed E-state index contributed by atoms with van der Waals surface area (Å²) in [6, 6.07) is 9.49. The molecule has 5 nitrogen and oxygen atoms in total. The van der Waals surface area contributed by atoms with E-state index in [0.29, 0.717) is 11.4 Å². The number of amides is 1. The zero-order valence-corrected chi connectivity index (χ0v) is 14.0. The normalized spacial score (nSPS) is 12.1. The molecule has 1 atom stereocenters. The number of hydrogen-bond donors (Lipinski definition) is 1. The Bertz CT molecular complexity index is 936. The van der Waals surface area contributed by atoms with Crippen LogP contribution in [0.3, 0.4) is 0 Å². The Labute approximate surface area is 142 Å². The molecular weight excluding hydrogens is 327 g/mol. The zero-order valence-electron chi connectivity index (χ0n) is 13.2. The van der Waals surface area contributed by atoms with Crippen molar-refractivity contribution in [3.63, 3.8) is 0 Å². The molecule has 0 aliphatic carbocycles. The average molecular weight is 342 g/mol. The Morgan fingerprint density at radius 2 is 2.17 bits per heavy atom. The third-order valence-electron chi connectivity index (χ3n) is 3.62. The SMILES string of the molecule is Cc1nn(Cc2ccc(F)cc2)c2sc(C(=O)NC(C)C#N)cc12. The molecule has 1 aromatic carbocycles. The van der Waals surface area contributed by atoms with Crippen LogP contribution in [-0.2, 0) is 6.54 Å². The average Bonchev–Trinajstić information content (AvgIpc) is 3.11. The molecule has 1 amide bonds. The molecule has 0 aliphatic heterocycles. The van der Waals surface area contributed by atoms with E-state index in [1.165, 1.54) is 23.5 Å². The number of benzene rings is 1. The molecule has 0 saturated carbocycles. The number of nitrogens with one attached hydrogen (secondary N) is 1. The molecule has 0 saturated heterocycles. The molecule has 2 heterocycles. The first-order valence-corrected chi connectivity index (χ1v) is 8.21. The van der Waals surface area contributed by atoms with Crippen molar-refractivity contribution in [3.05, 3.63) is 52.3 Å². The van der Waals surface area contributed by atoms with Crippen LogP contribution in [0.2, 0.25) is 0 Å². The second-order valence-electron chi connectivity index (χ2n) is 5.52. The van der Waals surface area contributed by atoms with Crippen molar-refractivity contribution in [2.75, 3.05) is 0 Å². The maximum Gasteiger partial charge on any atom is 0.262 e. The third kappa shape index (κ3) is 3.14. The summed E-state index contributed by atoms with van der Waals surface area (Å²) in [7, 11) is 0. The maximum absolute atomic E-state index is 13.0. The number of hydrogen-bond acceptors (Lipinski definition) is 4. The molecule has 3 rings (SSSR count). The topological polar surface area (TPSA) is 70.7 Å². The van der Waals surface area contributed by atoms with Crippen LogP contribution in [0.1, 0.15) is 27.9 Å². The molecule has 122 valence electrons. The molecule has 0 bridgehead atoms. The second-order valence-corrected chi connectivity index (χ2v) is 6.55. The monoisotopic (exact) mass is 342 g/mol. The van der Waals surface area contributed by atoms with Crippen LogP contribution in [-0.4, -0.2) is 21.7 Å². The number of nitrogens with zero attached hydrogens (tertiary/aromatic N) is 3. The van der Waals surface area contributed by atoms with Crippen molar-refractivity contribution < 1.29 is 9.18 Å². The highest BCUT2D eigenvalue weighted by atomic mass is 32.1. The standard InChI is InChI=1S/C17H15FN4OS/c1-10(8-19)20-16(23)15-7-14-11(2)21-22(17(14)24-15)9-12-3-5-13(18)6-4-12/h3-7,10H,9H2,1-2H3,(H,20,23). The van der Waals surface area contributed by atoms with Gasteiger partial charge in [0.1, 0.15) is 16.7 Å². The van der Waals surface area contributed by atoms with E-state index in [-0.39, 0.29) is 11.7 Å². The summed E-state index contributed by atoms with van der Waals surface area (Å²) < 4.78 is 14.8. The summed E-state index contributed by atoms with van der Waals surface area (Å²) in [5.74, 6) is -0.541. The molecule has 24 heavy (non-hydrogen) atoms. The molecule has 1 unspecified atom stereocenters. The van der Waals surface area contributed by atoms with Gasteiger partial charge in [-0.3, -0.25) is 9.48 Å². The van der Waals surface area contributed by atoms with Crippen LogP contribution in [0.4, 0.5) is 4.39 Å². The Morgan fingerprint density at radius 3 is 2.83 bits per heavy atom. The molecule has 0 radical (unpaired) electrons. The van der Waals surface area contributed by atoms with E-state index in [2.05, 4.69) is 10.4 Å². The van der Waals surface area contributed by atoms with Crippen LogP contribution in [0, 0.1) is 24.1 Å². The van der Waals surface area contributed by atoms with Gasteiger partial charge in [0.15, 0.2) is 0 Å². The fraction of sp³-hybridized carbons (Fsp3) is 0.235. The van der Waals surface area contributed by atoms with E-state index in [1.54, 1.807) is 25.1 Å². The van der Waals surface area contributed by atoms with Gasteiger partial charge < -0.3 is 5.32 Å². The van der Waals surface area contributed by atoms with Crippen LogP contribution >= 0.6 is 11.3 Å². The number of aromatic nitrogens is 2. The van der Waals surface area contributed by atoms with Gasteiger partial charge in [-0.25, -0.2) is 4.39 Å². The number of nitriles is 1. The highest BCUT2D eigenvalue weighted by molar-refractivity contribution is 7.20. The van der Waals surface area contributed by atoms with Crippen molar-refractivity contribution in [1.82, 2.24) is 15.1 Å². The summed E-state index contributed by atoms with van der Waals surface area (Å²) in [6.07, 6.45) is 0. The second kappa shape index (κ2) is 6.42. The minimum Gasteiger partial charge on any atom is -0.336 e. The fourth-order valence-electron chi connectivity index (χ4n) is 2.39. The lowest BCUT2D eigenvalue weighted by Gasteiger charge is -2.04. The van der Waals surface area contributed by atoms with Crippen molar-refractivity contribution in [2.24, 2.45) is 0 Å². The van der Waals surface area contributed by atoms with Gasteiger partial charge in [-0.2, -0.15) is 10.4 Å². The summed E-state index contributed by atoms with van der Waals surface area (Å²) in [6.45, 7) is 4.02. The minimum atomic E-state index is -0.542. The lowest BCUT2D eigenvalue weighted by molar-refractivity contribution is 0.0952. The van der Waals surface area contributed by atoms with Crippen LogP contribution in [0.15, 0.2) is 30.3 Å². The molecule has 0 fully saturated rings. The summed E-state index contributed by atoms with van der Waals surface area (Å²) in [5, 5.41) is 16.8. The predicted molar refractivity (Wildman–Crippen MR) is 90.4 cm³/mol. The summed E-state index contributed by atoms with van der Waals surface area (Å²) in [5.41, 5.74) is 1.76. The molecule has 7 heteroatoms. The number of thiophene rings is 1. The number of carbonyl (C=O) groups excluding carboxylic acids is 1. The van der Waals surface area contributed by atoms with Crippen LogP contribution < -0.4 is 5.32 Å². The molecular formula is C17H15FN4OS. The predicted octanol–water partition coefficient (Wildman–Crippen LogP) is 3.24. The third-order valence-corrected chi connectivity index (χ3v) is 4.77. The fourth-order valence-corrected chi connectivity index (χ4v) is 3.46. The van der Waals surface area contributed by atoms with Gasteiger partial charge in [0.2, 0.25) is 0 Å². The van der Waals surface area contributed by atoms with Gasteiger partial charge in [-0.15, -0.1) is 11.3 Å². The number of rotatable bonds is 4. The van der Waals surface area contributed by atoms with E-state index in [4.69, 9.17) is 5.26 Å². The molecule has 1 N–H and O–H groups in total. The first kappa shape index (κ1) is 16.1. The van der Waals surface area contributed by atoms with E-state index in [0.717, 1.165) is 21.5 Å². The van der Waals surface area contributed by atoms with Gasteiger partial charge in [0.25, 0.3) is 5.91 Å². The Hall–Kier alpha value is -2.72. The first-order valence-electron chi connectivity index (χ1n) is 7.40. The smallest absolute Gasteiger partial charge is 0.262 e. The van der Waals surface area contributed by atoms with Crippen LogP contribution in [0.25, 0.3) is 10.2 Å². The van der Waals surface area contributed by atoms with Crippen molar-refractivity contribution in [3.8, 4) is 6.07 Å². The summed E-state index contributed by atoms with van der Waals surface area (Å²) in [4.78, 5) is 13.6. The van der Waals surface area contributed by atoms with Gasteiger partial charge in [-0.1, -0.05) is 12.1 Å². The van der Waals surface area contributed by atoms with Gasteiger partial charge in [0.05, 0.1) is 23.2 Å². The minimum absolute atomic E-state index is 0.266. The zero-order chi connectivity index (χ0) is 17.3. The molecule has 0 aliphatic rings. The van der Waals surface area contributed by atoms with Gasteiger partial charge in [-0.05, 0) is 37.6 Å². The van der Waals surface area contributed by atoms with Crippen molar-refractivity contribution in [1.29, 1.82) is 5.26 Å². The number of aryl methyl sites for hydroxylation is 1. The number of carbonyl (C=O) groups is 1. The molecule has 3 aromatic rings. The lowest BCUT2D eigenvalue weighted by Crippen LogP contribution is -2.30. The maximum atomic E-state index is 13.0. The van der Waals surface area contributed by atoms with E-state index >= 15 is 0 Å². The Morgan fingerprint density at radius 1 is 1.46 bits per heavy atom. The van der Waals surface area contributed by atoms with Crippen LogP contribution in [0.5, 0.6) is 0 Å². The Kier molecular flexibility index (Phi) is 4.32. The highest BCUT2D eigenvalue weighted by Crippen LogP contribution is 2.29. The van der Waals surface area contributed by atoms with Crippen molar-refractivity contribution >= 4 is 27.5 Å². The first-order chi connectivity index (χ1) is 11.5. The summed E-state index contributed by atoms with van der Waals surface area (Å²) >= 11 is 1.33. The number of fused-ring (bicyclic) bond motifs is 1. The molecule has 2 aromatic heterocycles. The quantitative estimate of drug-likeness (QED) is 0.791. The molecule has 0 spiro atoms. The number of halogens is 1.